The smallest absolute Gasteiger partial charge is 0.230 e. The molecule has 130 valence electrons. The van der Waals surface area contributed by atoms with Crippen LogP contribution in [0.1, 0.15) is 48.4 Å². The Balaban J connectivity index is 0.00000208. The number of nitrogens with two attached hydrogens (primary N) is 1. The van der Waals surface area contributed by atoms with Crippen molar-refractivity contribution in [3.05, 3.63) is 46.5 Å². The van der Waals surface area contributed by atoms with Gasteiger partial charge >= 0.3 is 0 Å². The summed E-state index contributed by atoms with van der Waals surface area (Å²) >= 11 is 1.62. The van der Waals surface area contributed by atoms with E-state index in [2.05, 4.69) is 10.3 Å². The van der Waals surface area contributed by atoms with Crippen LogP contribution in [0.2, 0.25) is 0 Å². The molecule has 2 aromatic rings. The number of halogens is 1. The molecule has 0 radical (unpaired) electrons. The number of benzene rings is 1. The predicted molar refractivity (Wildman–Crippen MR) is 102 cm³/mol. The van der Waals surface area contributed by atoms with Crippen molar-refractivity contribution in [2.24, 2.45) is 11.7 Å². The molecular weight excluding hydrogens is 342 g/mol. The lowest BCUT2D eigenvalue weighted by Crippen LogP contribution is -2.30. The third-order valence-corrected chi connectivity index (χ3v) is 5.54. The number of aryl methyl sites for hydroxylation is 2. The molecule has 1 amide bonds. The summed E-state index contributed by atoms with van der Waals surface area (Å²) in [5.74, 6) is -0.369. The van der Waals surface area contributed by atoms with Gasteiger partial charge in [-0.15, -0.1) is 23.7 Å². The number of fused-ring (bicyclic) bond motifs is 1. The zero-order valence-electron chi connectivity index (χ0n) is 13.8. The summed E-state index contributed by atoms with van der Waals surface area (Å²) in [5, 5.41) is 3.68. The first-order chi connectivity index (χ1) is 11.1. The monoisotopic (exact) mass is 365 g/mol. The van der Waals surface area contributed by atoms with Crippen molar-refractivity contribution in [3.63, 3.8) is 0 Å². The van der Waals surface area contributed by atoms with Crippen molar-refractivity contribution in [2.45, 2.75) is 45.1 Å². The van der Waals surface area contributed by atoms with Gasteiger partial charge in [0.1, 0.15) is 0 Å². The van der Waals surface area contributed by atoms with E-state index in [0.717, 1.165) is 18.4 Å². The van der Waals surface area contributed by atoms with Crippen LogP contribution in [-0.2, 0) is 17.6 Å². The molecule has 1 aliphatic rings. The number of rotatable bonds is 4. The number of hydrogen-bond acceptors (Lipinski definition) is 4. The molecular formula is C18H24ClN3OS. The average molecular weight is 366 g/mol. The first-order valence-electron chi connectivity index (χ1n) is 8.25. The molecule has 0 bridgehead atoms. The van der Waals surface area contributed by atoms with Crippen molar-refractivity contribution < 1.29 is 4.79 Å². The van der Waals surface area contributed by atoms with Gasteiger partial charge in [0.05, 0.1) is 11.6 Å². The number of nitrogens with zero attached hydrogens (tertiary/aromatic N) is 1. The van der Waals surface area contributed by atoms with Crippen LogP contribution in [0.4, 0.5) is 5.13 Å². The Morgan fingerprint density at radius 3 is 2.67 bits per heavy atom. The van der Waals surface area contributed by atoms with E-state index in [1.54, 1.807) is 11.3 Å². The largest absolute Gasteiger partial charge is 0.323 e. The van der Waals surface area contributed by atoms with E-state index in [-0.39, 0.29) is 30.3 Å². The van der Waals surface area contributed by atoms with Crippen LogP contribution >= 0.6 is 23.7 Å². The predicted octanol–water partition coefficient (Wildman–Crippen LogP) is 4.11. The van der Waals surface area contributed by atoms with E-state index in [9.17, 15) is 4.79 Å². The van der Waals surface area contributed by atoms with Crippen molar-refractivity contribution in [2.75, 3.05) is 5.32 Å². The zero-order chi connectivity index (χ0) is 16.2. The minimum absolute atomic E-state index is 0. The van der Waals surface area contributed by atoms with Crippen LogP contribution in [0.3, 0.4) is 0 Å². The molecule has 1 aromatic carbocycles. The van der Waals surface area contributed by atoms with Gasteiger partial charge in [-0.3, -0.25) is 4.79 Å². The molecule has 0 spiro atoms. The molecule has 2 atom stereocenters. The van der Waals surface area contributed by atoms with E-state index in [1.807, 2.05) is 37.3 Å². The van der Waals surface area contributed by atoms with Crippen molar-refractivity contribution >= 4 is 34.8 Å². The van der Waals surface area contributed by atoms with Crippen LogP contribution in [0.15, 0.2) is 30.3 Å². The van der Waals surface area contributed by atoms with Gasteiger partial charge < -0.3 is 11.1 Å². The SMILES string of the molecule is CC(C(=O)Nc1nc2c(s1)CCCCC2)C(N)c1ccccc1.Cl. The van der Waals surface area contributed by atoms with Gasteiger partial charge in [0.2, 0.25) is 5.91 Å². The Hall–Kier alpha value is -1.43. The Labute approximate surface area is 153 Å². The van der Waals surface area contributed by atoms with E-state index in [4.69, 9.17) is 5.73 Å². The summed E-state index contributed by atoms with van der Waals surface area (Å²) in [6, 6.07) is 9.44. The van der Waals surface area contributed by atoms with Crippen LogP contribution in [-0.4, -0.2) is 10.9 Å². The summed E-state index contributed by atoms with van der Waals surface area (Å²) in [6.07, 6.45) is 5.80. The lowest BCUT2D eigenvalue weighted by Gasteiger charge is -2.19. The number of nitrogens with one attached hydrogen (secondary N) is 1. The first-order valence-corrected chi connectivity index (χ1v) is 9.07. The second-order valence-electron chi connectivity index (χ2n) is 6.16. The molecule has 3 rings (SSSR count). The molecule has 4 nitrogen and oxygen atoms in total. The molecule has 3 N–H and O–H groups in total. The standard InChI is InChI=1S/C18H23N3OS.ClH/c1-12(16(19)13-8-4-2-5-9-13)17(22)21-18-20-14-10-6-3-7-11-15(14)23-18;/h2,4-5,8-9,12,16H,3,6-7,10-11,19H2,1H3,(H,20,21,22);1H. The van der Waals surface area contributed by atoms with Crippen LogP contribution in [0.25, 0.3) is 0 Å². The highest BCUT2D eigenvalue weighted by Gasteiger charge is 2.23. The Morgan fingerprint density at radius 2 is 1.92 bits per heavy atom. The second-order valence-corrected chi connectivity index (χ2v) is 7.25. The van der Waals surface area contributed by atoms with Crippen molar-refractivity contribution in [3.8, 4) is 0 Å². The Kier molecular flexibility index (Phi) is 6.78. The fourth-order valence-electron chi connectivity index (χ4n) is 2.93. The maximum Gasteiger partial charge on any atom is 0.230 e. The lowest BCUT2D eigenvalue weighted by atomic mass is 9.95. The van der Waals surface area contributed by atoms with E-state index < -0.39 is 0 Å². The first kappa shape index (κ1) is 18.9. The Bertz CT molecular complexity index is 651. The second kappa shape index (κ2) is 8.60. The van der Waals surface area contributed by atoms with Crippen LogP contribution in [0.5, 0.6) is 0 Å². The summed E-state index contributed by atoms with van der Waals surface area (Å²) in [7, 11) is 0. The molecule has 0 saturated carbocycles. The fraction of sp³-hybridized carbons (Fsp3) is 0.444. The number of amides is 1. The highest BCUT2D eigenvalue weighted by molar-refractivity contribution is 7.15. The Morgan fingerprint density at radius 1 is 1.21 bits per heavy atom. The molecule has 1 heterocycles. The zero-order valence-corrected chi connectivity index (χ0v) is 15.5. The van der Waals surface area contributed by atoms with Gasteiger partial charge in [0.15, 0.2) is 5.13 Å². The maximum absolute atomic E-state index is 12.5. The number of carbonyl (C=O) groups is 1. The topological polar surface area (TPSA) is 68.0 Å². The van der Waals surface area contributed by atoms with Crippen LogP contribution in [0, 0.1) is 5.92 Å². The minimum Gasteiger partial charge on any atom is -0.323 e. The van der Waals surface area contributed by atoms with Gasteiger partial charge in [-0.2, -0.15) is 0 Å². The fourth-order valence-corrected chi connectivity index (χ4v) is 3.98. The number of aromatic nitrogens is 1. The van der Waals surface area contributed by atoms with Gasteiger partial charge in [-0.1, -0.05) is 43.7 Å². The lowest BCUT2D eigenvalue weighted by molar-refractivity contribution is -0.120. The normalized spacial score (nSPS) is 16.2. The van der Waals surface area contributed by atoms with E-state index >= 15 is 0 Å². The molecule has 2 unspecified atom stereocenters. The average Bonchev–Trinajstić information content (AvgIpc) is 2.82. The summed E-state index contributed by atoms with van der Waals surface area (Å²) in [5.41, 5.74) is 8.38. The molecule has 24 heavy (non-hydrogen) atoms. The van der Waals surface area contributed by atoms with Crippen molar-refractivity contribution in [1.82, 2.24) is 4.98 Å². The highest BCUT2D eigenvalue weighted by Crippen LogP contribution is 2.29. The number of carbonyl (C=O) groups excluding carboxylic acids is 1. The maximum atomic E-state index is 12.5. The number of thiazole rings is 1. The van der Waals surface area contributed by atoms with E-state index in [1.165, 1.54) is 29.8 Å². The highest BCUT2D eigenvalue weighted by atomic mass is 35.5. The molecule has 0 fully saturated rings. The molecule has 1 aliphatic carbocycles. The third kappa shape index (κ3) is 4.35. The molecule has 0 aliphatic heterocycles. The number of anilines is 1. The van der Waals surface area contributed by atoms with Gasteiger partial charge in [-0.05, 0) is 31.2 Å². The molecule has 1 aromatic heterocycles. The van der Waals surface area contributed by atoms with Crippen LogP contribution < -0.4 is 11.1 Å². The van der Waals surface area contributed by atoms with Gasteiger partial charge in [0.25, 0.3) is 0 Å². The van der Waals surface area contributed by atoms with E-state index in [0.29, 0.717) is 5.13 Å². The number of hydrogen-bond donors (Lipinski definition) is 2. The van der Waals surface area contributed by atoms with Gasteiger partial charge in [-0.25, -0.2) is 4.98 Å². The third-order valence-electron chi connectivity index (χ3n) is 4.46. The van der Waals surface area contributed by atoms with Gasteiger partial charge in [0, 0.05) is 10.9 Å². The molecule has 0 saturated heterocycles. The summed E-state index contributed by atoms with van der Waals surface area (Å²) < 4.78 is 0. The quantitative estimate of drug-likeness (QED) is 0.801. The molecule has 6 heteroatoms. The van der Waals surface area contributed by atoms with Crippen molar-refractivity contribution in [1.29, 1.82) is 0 Å². The minimum atomic E-state index is -0.311. The summed E-state index contributed by atoms with van der Waals surface area (Å²) in [4.78, 5) is 18.4. The summed E-state index contributed by atoms with van der Waals surface area (Å²) in [6.45, 7) is 1.87.